The highest BCUT2D eigenvalue weighted by atomic mass is 35.5. The van der Waals surface area contributed by atoms with Crippen LogP contribution in [-0.2, 0) is 6.42 Å². The average molecular weight is 280 g/mol. The van der Waals surface area contributed by atoms with Gasteiger partial charge < -0.3 is 9.64 Å². The van der Waals surface area contributed by atoms with Crippen molar-refractivity contribution in [2.24, 2.45) is 5.92 Å². The Hall–Kier alpha value is -0.730. The van der Waals surface area contributed by atoms with Gasteiger partial charge in [0, 0.05) is 23.9 Å². The van der Waals surface area contributed by atoms with Crippen molar-refractivity contribution in [2.75, 3.05) is 20.6 Å². The van der Waals surface area contributed by atoms with E-state index in [1.807, 2.05) is 12.1 Å². The number of rotatable bonds is 2. The summed E-state index contributed by atoms with van der Waals surface area (Å²) in [6.45, 7) is 1.11. The van der Waals surface area contributed by atoms with Crippen LogP contribution in [0.25, 0.3) is 0 Å². The van der Waals surface area contributed by atoms with Gasteiger partial charge in [0.15, 0.2) is 0 Å². The SMILES string of the molecule is CN(C)CC1CCCC[C@]12Cc1ccc(Cl)cc1O2. The van der Waals surface area contributed by atoms with Crippen molar-refractivity contribution in [1.29, 1.82) is 0 Å². The highest BCUT2D eigenvalue weighted by molar-refractivity contribution is 6.30. The number of hydrogen-bond acceptors (Lipinski definition) is 2. The van der Waals surface area contributed by atoms with Crippen LogP contribution in [0.2, 0.25) is 5.02 Å². The number of nitrogens with zero attached hydrogens (tertiary/aromatic N) is 1. The van der Waals surface area contributed by atoms with Gasteiger partial charge in [0.05, 0.1) is 0 Å². The monoisotopic (exact) mass is 279 g/mol. The highest BCUT2D eigenvalue weighted by Gasteiger charge is 2.47. The normalized spacial score (nSPS) is 29.6. The standard InChI is InChI=1S/C16H22ClNO/c1-18(2)11-13-5-3-4-8-16(13)10-12-6-7-14(17)9-15(12)19-16/h6-7,9,13H,3-5,8,10-11H2,1-2H3/t13?,16-/m0/s1. The molecule has 1 unspecified atom stereocenters. The number of halogens is 1. The van der Waals surface area contributed by atoms with Crippen LogP contribution in [0.15, 0.2) is 18.2 Å². The first kappa shape index (κ1) is 13.3. The minimum atomic E-state index is 0.0233. The lowest BCUT2D eigenvalue weighted by Crippen LogP contribution is -2.48. The molecule has 0 saturated heterocycles. The fourth-order valence-electron chi connectivity index (χ4n) is 3.69. The molecule has 0 N–H and O–H groups in total. The molecule has 0 aromatic heterocycles. The Bertz CT molecular complexity index is 474. The molecule has 2 atom stereocenters. The van der Waals surface area contributed by atoms with Gasteiger partial charge in [-0.05, 0) is 51.1 Å². The Kier molecular flexibility index (Phi) is 3.48. The Labute approximate surface area is 120 Å². The molecule has 0 radical (unpaired) electrons. The average Bonchev–Trinajstić information content (AvgIpc) is 2.70. The summed E-state index contributed by atoms with van der Waals surface area (Å²) >= 11 is 6.08. The van der Waals surface area contributed by atoms with Crippen molar-refractivity contribution < 1.29 is 4.74 Å². The second-order valence-corrected chi connectivity index (χ2v) is 6.74. The Morgan fingerprint density at radius 1 is 1.37 bits per heavy atom. The summed E-state index contributed by atoms with van der Waals surface area (Å²) in [6.07, 6.45) is 6.13. The van der Waals surface area contributed by atoms with E-state index >= 15 is 0 Å². The van der Waals surface area contributed by atoms with Crippen molar-refractivity contribution in [3.63, 3.8) is 0 Å². The lowest BCUT2D eigenvalue weighted by molar-refractivity contribution is -0.0149. The molecule has 3 rings (SSSR count). The third kappa shape index (κ3) is 2.48. The molecule has 2 nitrogen and oxygen atoms in total. The molecule has 0 bridgehead atoms. The maximum absolute atomic E-state index is 6.42. The fraction of sp³-hybridized carbons (Fsp3) is 0.625. The minimum Gasteiger partial charge on any atom is -0.486 e. The molecule has 1 spiro atoms. The van der Waals surface area contributed by atoms with Crippen LogP contribution in [0, 0.1) is 5.92 Å². The van der Waals surface area contributed by atoms with Gasteiger partial charge in [0.2, 0.25) is 0 Å². The van der Waals surface area contributed by atoms with Crippen molar-refractivity contribution in [1.82, 2.24) is 4.90 Å². The zero-order valence-corrected chi connectivity index (χ0v) is 12.5. The molecule has 1 aromatic carbocycles. The van der Waals surface area contributed by atoms with Crippen LogP contribution in [-0.4, -0.2) is 31.1 Å². The zero-order chi connectivity index (χ0) is 13.5. The van der Waals surface area contributed by atoms with E-state index in [-0.39, 0.29) is 5.60 Å². The van der Waals surface area contributed by atoms with E-state index in [0.29, 0.717) is 5.92 Å². The largest absolute Gasteiger partial charge is 0.486 e. The Morgan fingerprint density at radius 2 is 2.21 bits per heavy atom. The summed E-state index contributed by atoms with van der Waals surface area (Å²) in [5.41, 5.74) is 1.35. The predicted octanol–water partition coefficient (Wildman–Crippen LogP) is 3.77. The number of hydrogen-bond donors (Lipinski definition) is 0. The zero-order valence-electron chi connectivity index (χ0n) is 11.8. The second-order valence-electron chi connectivity index (χ2n) is 6.30. The molecule has 3 heteroatoms. The third-order valence-electron chi connectivity index (χ3n) is 4.56. The van der Waals surface area contributed by atoms with Gasteiger partial charge >= 0.3 is 0 Å². The number of ether oxygens (including phenoxy) is 1. The topological polar surface area (TPSA) is 12.5 Å². The van der Waals surface area contributed by atoms with Crippen LogP contribution in [0.5, 0.6) is 5.75 Å². The van der Waals surface area contributed by atoms with Crippen LogP contribution in [0.1, 0.15) is 31.2 Å². The van der Waals surface area contributed by atoms with E-state index < -0.39 is 0 Å². The van der Waals surface area contributed by atoms with Crippen LogP contribution in [0.3, 0.4) is 0 Å². The maximum atomic E-state index is 6.42. The quantitative estimate of drug-likeness (QED) is 0.817. The Morgan fingerprint density at radius 3 is 3.00 bits per heavy atom. The van der Waals surface area contributed by atoms with Gasteiger partial charge in [0.1, 0.15) is 11.4 Å². The first-order valence-electron chi connectivity index (χ1n) is 7.21. The molecule has 1 fully saturated rings. The maximum Gasteiger partial charge on any atom is 0.125 e. The van der Waals surface area contributed by atoms with Crippen molar-refractivity contribution in [2.45, 2.75) is 37.7 Å². The molecular weight excluding hydrogens is 258 g/mol. The molecule has 1 heterocycles. The van der Waals surface area contributed by atoms with E-state index in [1.165, 1.54) is 31.2 Å². The molecule has 0 amide bonds. The van der Waals surface area contributed by atoms with Gasteiger partial charge in [-0.15, -0.1) is 0 Å². The Balaban J connectivity index is 1.87. The lowest BCUT2D eigenvalue weighted by Gasteiger charge is -2.41. The summed E-state index contributed by atoms with van der Waals surface area (Å²) in [6, 6.07) is 6.09. The van der Waals surface area contributed by atoms with Gasteiger partial charge in [0.25, 0.3) is 0 Å². The highest BCUT2D eigenvalue weighted by Crippen LogP contribution is 2.47. The van der Waals surface area contributed by atoms with Gasteiger partial charge in [-0.25, -0.2) is 0 Å². The van der Waals surface area contributed by atoms with Crippen LogP contribution < -0.4 is 4.74 Å². The molecular formula is C16H22ClNO. The van der Waals surface area contributed by atoms with E-state index in [2.05, 4.69) is 25.1 Å². The summed E-state index contributed by atoms with van der Waals surface area (Å²) < 4.78 is 6.42. The smallest absolute Gasteiger partial charge is 0.125 e. The minimum absolute atomic E-state index is 0.0233. The van der Waals surface area contributed by atoms with Crippen LogP contribution in [0.4, 0.5) is 0 Å². The first-order chi connectivity index (χ1) is 9.09. The second kappa shape index (κ2) is 4.99. The van der Waals surface area contributed by atoms with Gasteiger partial charge in [-0.1, -0.05) is 24.1 Å². The summed E-state index contributed by atoms with van der Waals surface area (Å²) in [5, 5.41) is 0.774. The van der Waals surface area contributed by atoms with E-state index in [9.17, 15) is 0 Å². The molecule has 104 valence electrons. The first-order valence-corrected chi connectivity index (χ1v) is 7.59. The van der Waals surface area contributed by atoms with Crippen molar-refractivity contribution in [3.05, 3.63) is 28.8 Å². The van der Waals surface area contributed by atoms with E-state index in [1.54, 1.807) is 0 Å². The molecule has 1 aliphatic carbocycles. The molecule has 1 aromatic rings. The predicted molar refractivity (Wildman–Crippen MR) is 79.0 cm³/mol. The van der Waals surface area contributed by atoms with Crippen LogP contribution >= 0.6 is 11.6 Å². The van der Waals surface area contributed by atoms with Crippen molar-refractivity contribution >= 4 is 11.6 Å². The number of benzene rings is 1. The summed E-state index contributed by atoms with van der Waals surface area (Å²) in [4.78, 5) is 2.29. The van der Waals surface area contributed by atoms with E-state index in [0.717, 1.165) is 23.7 Å². The van der Waals surface area contributed by atoms with E-state index in [4.69, 9.17) is 16.3 Å². The molecule has 1 aliphatic heterocycles. The fourth-order valence-corrected chi connectivity index (χ4v) is 3.86. The molecule has 1 saturated carbocycles. The van der Waals surface area contributed by atoms with Gasteiger partial charge in [-0.2, -0.15) is 0 Å². The molecule has 19 heavy (non-hydrogen) atoms. The third-order valence-corrected chi connectivity index (χ3v) is 4.80. The summed E-state index contributed by atoms with van der Waals surface area (Å²) in [5.74, 6) is 1.64. The number of fused-ring (bicyclic) bond motifs is 1. The lowest BCUT2D eigenvalue weighted by atomic mass is 9.73. The van der Waals surface area contributed by atoms with Crippen molar-refractivity contribution in [3.8, 4) is 5.75 Å². The summed E-state index contributed by atoms with van der Waals surface area (Å²) in [7, 11) is 4.31. The van der Waals surface area contributed by atoms with Gasteiger partial charge in [-0.3, -0.25) is 0 Å². The molecule has 2 aliphatic rings.